The third-order valence-corrected chi connectivity index (χ3v) is 2.77. The van der Waals surface area contributed by atoms with Crippen molar-refractivity contribution < 1.29 is 23.8 Å². The number of halogens is 1. The summed E-state index contributed by atoms with van der Waals surface area (Å²) in [5, 5.41) is 0. The highest BCUT2D eigenvalue weighted by Gasteiger charge is 2.31. The van der Waals surface area contributed by atoms with E-state index in [9.17, 15) is 9.59 Å². The van der Waals surface area contributed by atoms with E-state index in [1.807, 2.05) is 30.3 Å². The molecule has 0 atom stereocenters. The van der Waals surface area contributed by atoms with Gasteiger partial charge in [-0.3, -0.25) is 4.79 Å². The second-order valence-corrected chi connectivity index (χ2v) is 5.40. The fourth-order valence-corrected chi connectivity index (χ4v) is 1.46. The fourth-order valence-electron chi connectivity index (χ4n) is 1.38. The zero-order valence-corrected chi connectivity index (χ0v) is 12.9. The monoisotopic (exact) mass is 314 g/mol. The molecule has 0 amide bonds. The van der Waals surface area contributed by atoms with E-state index in [4.69, 9.17) is 21.1 Å². The predicted octanol–water partition coefficient (Wildman–Crippen LogP) is 3.15. The third-order valence-electron chi connectivity index (χ3n) is 2.61. The van der Waals surface area contributed by atoms with Gasteiger partial charge in [-0.25, -0.2) is 4.79 Å². The molecule has 0 aliphatic heterocycles. The van der Waals surface area contributed by atoms with E-state index in [0.717, 1.165) is 5.56 Å². The minimum Gasteiger partial charge on any atom is -0.460 e. The Bertz CT molecular complexity index is 458. The van der Waals surface area contributed by atoms with Gasteiger partial charge in [-0.05, 0) is 19.4 Å². The molecule has 5 nitrogen and oxygen atoms in total. The zero-order valence-electron chi connectivity index (χ0n) is 12.1. The van der Waals surface area contributed by atoms with E-state index in [-0.39, 0.29) is 25.7 Å². The molecule has 0 saturated carbocycles. The van der Waals surface area contributed by atoms with Crippen molar-refractivity contribution in [3.05, 3.63) is 35.9 Å². The van der Waals surface area contributed by atoms with Crippen LogP contribution in [0.5, 0.6) is 0 Å². The van der Waals surface area contributed by atoms with Crippen LogP contribution < -0.4 is 0 Å². The van der Waals surface area contributed by atoms with E-state index in [1.54, 1.807) is 13.8 Å². The van der Waals surface area contributed by atoms with Crippen molar-refractivity contribution in [1.82, 2.24) is 0 Å². The standard InChI is InChI=1S/C15H19ClO5/c1-15(2,11-21-14(18)19-9-8-16)13(17)20-10-12-6-4-3-5-7-12/h3-7H,8-11H2,1-2H3. The van der Waals surface area contributed by atoms with E-state index >= 15 is 0 Å². The molecule has 1 aromatic rings. The number of hydrogen-bond donors (Lipinski definition) is 0. The molecular weight excluding hydrogens is 296 g/mol. The van der Waals surface area contributed by atoms with E-state index in [2.05, 4.69) is 4.74 Å². The van der Waals surface area contributed by atoms with Crippen molar-refractivity contribution in [2.75, 3.05) is 19.1 Å². The average Bonchev–Trinajstić information content (AvgIpc) is 2.49. The second-order valence-electron chi connectivity index (χ2n) is 5.02. The van der Waals surface area contributed by atoms with Crippen LogP contribution in [0.15, 0.2) is 30.3 Å². The van der Waals surface area contributed by atoms with Gasteiger partial charge in [0.15, 0.2) is 0 Å². The molecule has 6 heteroatoms. The lowest BCUT2D eigenvalue weighted by Crippen LogP contribution is -2.32. The van der Waals surface area contributed by atoms with Crippen LogP contribution in [0.3, 0.4) is 0 Å². The zero-order chi connectivity index (χ0) is 15.7. The first-order valence-corrected chi connectivity index (χ1v) is 7.06. The largest absolute Gasteiger partial charge is 0.508 e. The number of ether oxygens (including phenoxy) is 3. The lowest BCUT2D eigenvalue weighted by molar-refractivity contribution is -0.157. The maximum absolute atomic E-state index is 12.0. The molecule has 0 aliphatic rings. The molecule has 116 valence electrons. The van der Waals surface area contributed by atoms with Crippen LogP contribution >= 0.6 is 11.6 Å². The molecule has 21 heavy (non-hydrogen) atoms. The van der Waals surface area contributed by atoms with Gasteiger partial charge in [0.05, 0.1) is 11.3 Å². The normalized spacial score (nSPS) is 10.8. The Balaban J connectivity index is 2.38. The first-order valence-electron chi connectivity index (χ1n) is 6.52. The summed E-state index contributed by atoms with van der Waals surface area (Å²) < 4.78 is 14.7. The van der Waals surface area contributed by atoms with Crippen molar-refractivity contribution in [1.29, 1.82) is 0 Å². The number of benzene rings is 1. The Morgan fingerprint density at radius 1 is 1.10 bits per heavy atom. The number of hydrogen-bond acceptors (Lipinski definition) is 5. The minimum absolute atomic E-state index is 0.0687. The molecule has 0 bridgehead atoms. The number of alkyl halides is 1. The average molecular weight is 315 g/mol. The number of rotatable bonds is 7. The topological polar surface area (TPSA) is 61.8 Å². The summed E-state index contributed by atoms with van der Waals surface area (Å²) in [6.07, 6.45) is -0.848. The Labute approximate surface area is 129 Å². The summed E-state index contributed by atoms with van der Waals surface area (Å²) in [6, 6.07) is 9.34. The molecule has 0 saturated heterocycles. The smallest absolute Gasteiger partial charge is 0.460 e. The summed E-state index contributed by atoms with van der Waals surface area (Å²) in [4.78, 5) is 23.2. The molecule has 1 rings (SSSR count). The van der Waals surface area contributed by atoms with Gasteiger partial charge in [-0.15, -0.1) is 11.6 Å². The van der Waals surface area contributed by atoms with Crippen LogP contribution in [-0.4, -0.2) is 31.2 Å². The van der Waals surface area contributed by atoms with Gasteiger partial charge in [0.25, 0.3) is 0 Å². The second kappa shape index (κ2) is 8.52. The highest BCUT2D eigenvalue weighted by Crippen LogP contribution is 2.19. The summed E-state index contributed by atoms with van der Waals surface area (Å²) in [5.41, 5.74) is -0.0570. The first-order chi connectivity index (χ1) is 9.95. The van der Waals surface area contributed by atoms with E-state index < -0.39 is 17.5 Å². The van der Waals surface area contributed by atoms with E-state index in [1.165, 1.54) is 0 Å². The van der Waals surface area contributed by atoms with Gasteiger partial charge in [0.2, 0.25) is 0 Å². The van der Waals surface area contributed by atoms with Gasteiger partial charge < -0.3 is 14.2 Å². The van der Waals surface area contributed by atoms with Gasteiger partial charge in [0.1, 0.15) is 19.8 Å². The van der Waals surface area contributed by atoms with Crippen LogP contribution in [-0.2, 0) is 25.6 Å². The maximum Gasteiger partial charge on any atom is 0.508 e. The third kappa shape index (κ3) is 6.49. The van der Waals surface area contributed by atoms with Crippen molar-refractivity contribution in [2.45, 2.75) is 20.5 Å². The van der Waals surface area contributed by atoms with Crippen LogP contribution in [0, 0.1) is 5.41 Å². The van der Waals surface area contributed by atoms with Gasteiger partial charge in [-0.2, -0.15) is 0 Å². The Morgan fingerprint density at radius 3 is 2.38 bits per heavy atom. The fraction of sp³-hybridized carbons (Fsp3) is 0.467. The maximum atomic E-state index is 12.0. The lowest BCUT2D eigenvalue weighted by Gasteiger charge is -2.21. The molecule has 0 heterocycles. The van der Waals surface area contributed by atoms with Gasteiger partial charge in [-0.1, -0.05) is 30.3 Å². The molecule has 0 unspecified atom stereocenters. The quantitative estimate of drug-likeness (QED) is 0.571. The number of carbonyl (C=O) groups is 2. The first kappa shape index (κ1) is 17.3. The van der Waals surface area contributed by atoms with Crippen molar-refractivity contribution >= 4 is 23.7 Å². The van der Waals surface area contributed by atoms with Crippen LogP contribution in [0.2, 0.25) is 0 Å². The minimum atomic E-state index is -0.950. The summed E-state index contributed by atoms with van der Waals surface area (Å²) in [7, 11) is 0. The lowest BCUT2D eigenvalue weighted by atomic mass is 9.95. The molecule has 1 aromatic carbocycles. The Morgan fingerprint density at radius 2 is 1.76 bits per heavy atom. The SMILES string of the molecule is CC(C)(COC(=O)OCCCl)C(=O)OCc1ccccc1. The van der Waals surface area contributed by atoms with Gasteiger partial charge >= 0.3 is 12.1 Å². The van der Waals surface area contributed by atoms with Crippen molar-refractivity contribution in [3.8, 4) is 0 Å². The molecule has 0 aromatic heterocycles. The molecule has 0 fully saturated rings. The molecule has 0 spiro atoms. The summed E-state index contributed by atoms with van der Waals surface area (Å²) in [5.74, 6) is -0.256. The van der Waals surface area contributed by atoms with Crippen LogP contribution in [0.4, 0.5) is 4.79 Å². The van der Waals surface area contributed by atoms with Crippen molar-refractivity contribution in [2.24, 2.45) is 5.41 Å². The molecule has 0 N–H and O–H groups in total. The molecular formula is C15H19ClO5. The van der Waals surface area contributed by atoms with Crippen LogP contribution in [0.1, 0.15) is 19.4 Å². The van der Waals surface area contributed by atoms with E-state index in [0.29, 0.717) is 0 Å². The summed E-state index contributed by atoms with van der Waals surface area (Å²) in [6.45, 7) is 3.39. The summed E-state index contributed by atoms with van der Waals surface area (Å²) >= 11 is 5.38. The highest BCUT2D eigenvalue weighted by molar-refractivity contribution is 6.18. The Kier molecular flexibility index (Phi) is 7.02. The number of esters is 1. The highest BCUT2D eigenvalue weighted by atomic mass is 35.5. The van der Waals surface area contributed by atoms with Gasteiger partial charge in [0, 0.05) is 0 Å². The van der Waals surface area contributed by atoms with Crippen molar-refractivity contribution in [3.63, 3.8) is 0 Å². The Hall–Kier alpha value is -1.75. The molecule has 0 aliphatic carbocycles. The molecule has 0 radical (unpaired) electrons. The predicted molar refractivity (Wildman–Crippen MR) is 78.0 cm³/mol. The van der Waals surface area contributed by atoms with Crippen LogP contribution in [0.25, 0.3) is 0 Å². The number of carbonyl (C=O) groups excluding carboxylic acids is 2.